The van der Waals surface area contributed by atoms with Crippen LogP contribution < -0.4 is 18.9 Å². The molecule has 0 bridgehead atoms. The van der Waals surface area contributed by atoms with Gasteiger partial charge in [0.15, 0.2) is 0 Å². The Morgan fingerprint density at radius 3 is 1.06 bits per heavy atom. The first-order valence-electron chi connectivity index (χ1n) is 17.8. The third kappa shape index (κ3) is 13.0. The molecule has 0 saturated carbocycles. The van der Waals surface area contributed by atoms with E-state index in [2.05, 4.69) is 88.2 Å². The van der Waals surface area contributed by atoms with E-state index in [1.165, 1.54) is 77.0 Å². The third-order valence-corrected chi connectivity index (χ3v) is 8.65. The van der Waals surface area contributed by atoms with Crippen molar-refractivity contribution in [3.8, 4) is 0 Å². The lowest BCUT2D eigenvalue weighted by Crippen LogP contribution is -2.33. The number of unbranched alkanes of at least 4 members (excludes halogenated alkanes) is 11. The van der Waals surface area contributed by atoms with Gasteiger partial charge in [-0.15, -0.1) is 0 Å². The Kier molecular flexibility index (Phi) is 15.7. The largest absolute Gasteiger partial charge is 0.378 e. The number of benzene rings is 2. The summed E-state index contributed by atoms with van der Waals surface area (Å²) in [4.78, 5) is 4.17. The van der Waals surface area contributed by atoms with E-state index in [0.29, 0.717) is 0 Å². The van der Waals surface area contributed by atoms with Gasteiger partial charge in [0, 0.05) is 51.7 Å². The van der Waals surface area contributed by atoms with Crippen molar-refractivity contribution in [2.45, 2.75) is 90.1 Å². The number of aromatic nitrogens is 2. The van der Waals surface area contributed by atoms with Crippen molar-refractivity contribution in [1.29, 1.82) is 0 Å². The molecule has 0 aliphatic carbocycles. The van der Waals surface area contributed by atoms with E-state index < -0.39 is 0 Å². The summed E-state index contributed by atoms with van der Waals surface area (Å²) in [6, 6.07) is 28.6. The first kappa shape index (κ1) is 36.4. The van der Waals surface area contributed by atoms with Gasteiger partial charge in [0.05, 0.1) is 35.7 Å². The quantitative estimate of drug-likeness (QED) is 0.0513. The maximum Gasteiger partial charge on any atom is 0.350 e. The zero-order valence-electron chi connectivity index (χ0n) is 29.7. The molecule has 0 aliphatic heterocycles. The molecule has 0 saturated heterocycles. The minimum atomic E-state index is 0.870. The normalized spacial score (nSPS) is 11.5. The lowest BCUT2D eigenvalue weighted by Gasteiger charge is -2.11. The summed E-state index contributed by atoms with van der Waals surface area (Å²) in [6.07, 6.45) is 19.8. The number of azo groups is 2. The number of pyridine rings is 2. The lowest BCUT2D eigenvalue weighted by molar-refractivity contribution is -0.685. The maximum absolute atomic E-state index is 4.54. The second kappa shape index (κ2) is 20.7. The summed E-state index contributed by atoms with van der Waals surface area (Å²) < 4.78 is 4.43. The Balaban J connectivity index is 1.01. The summed E-state index contributed by atoms with van der Waals surface area (Å²) in [5.41, 5.74) is 4.06. The summed E-state index contributed by atoms with van der Waals surface area (Å²) in [6.45, 7) is 1.96. The van der Waals surface area contributed by atoms with Crippen molar-refractivity contribution in [1.82, 2.24) is 0 Å². The second-order valence-electron chi connectivity index (χ2n) is 13.0. The van der Waals surface area contributed by atoms with Crippen LogP contribution in [0.1, 0.15) is 77.0 Å². The minimum Gasteiger partial charge on any atom is -0.378 e. The summed E-state index contributed by atoms with van der Waals surface area (Å²) in [5.74, 6) is 1.81. The van der Waals surface area contributed by atoms with Crippen LogP contribution in [0.3, 0.4) is 0 Å². The van der Waals surface area contributed by atoms with E-state index in [1.807, 2.05) is 76.7 Å². The molecule has 0 radical (unpaired) electrons. The fourth-order valence-electron chi connectivity index (χ4n) is 5.68. The topological polar surface area (TPSA) is 63.7 Å². The van der Waals surface area contributed by atoms with Crippen LogP contribution in [0.5, 0.6) is 0 Å². The highest BCUT2D eigenvalue weighted by molar-refractivity contribution is 5.52. The molecule has 0 N–H and O–H groups in total. The van der Waals surface area contributed by atoms with Gasteiger partial charge in [-0.2, -0.15) is 0 Å². The summed E-state index contributed by atoms with van der Waals surface area (Å²) in [5, 5.41) is 18.0. The van der Waals surface area contributed by atoms with Crippen LogP contribution in [0.25, 0.3) is 0 Å². The van der Waals surface area contributed by atoms with E-state index in [-0.39, 0.29) is 0 Å². The number of aryl methyl sites for hydroxylation is 2. The van der Waals surface area contributed by atoms with Gasteiger partial charge in [0.1, 0.15) is 11.4 Å². The highest BCUT2D eigenvalue weighted by atomic mass is 15.2. The van der Waals surface area contributed by atoms with Crippen LogP contribution >= 0.6 is 0 Å². The average molecular weight is 649 g/mol. The molecule has 0 amide bonds. The Bertz CT molecular complexity index is 1410. The number of rotatable bonds is 21. The van der Waals surface area contributed by atoms with Crippen molar-refractivity contribution >= 4 is 34.4 Å². The SMILES string of the molecule is CN(C)c1ccc(/N=N/c2cccc[n+]2CCCCCCCCCCCCCC[n+]2ccccc2/N=N/c2ccc(N(C)C)cc2)cc1. The maximum atomic E-state index is 4.54. The molecule has 8 nitrogen and oxygen atoms in total. The fraction of sp³-hybridized carbons (Fsp3) is 0.450. The van der Waals surface area contributed by atoms with E-state index in [0.717, 1.165) is 47.5 Å². The summed E-state index contributed by atoms with van der Waals surface area (Å²) >= 11 is 0. The fourth-order valence-corrected chi connectivity index (χ4v) is 5.68. The van der Waals surface area contributed by atoms with Crippen LogP contribution in [-0.2, 0) is 13.1 Å². The van der Waals surface area contributed by atoms with Crippen molar-refractivity contribution in [3.63, 3.8) is 0 Å². The number of hydrogen-bond donors (Lipinski definition) is 0. The smallest absolute Gasteiger partial charge is 0.350 e. The van der Waals surface area contributed by atoms with Gasteiger partial charge in [0.25, 0.3) is 0 Å². The van der Waals surface area contributed by atoms with E-state index in [4.69, 9.17) is 0 Å². The van der Waals surface area contributed by atoms with Gasteiger partial charge in [-0.25, -0.2) is 9.13 Å². The molecule has 8 heteroatoms. The standard InChI is InChI=1S/C40H56N8/c1-45(2)37-27-23-35(24-28-37)41-43-39-21-15-19-33-47(39)31-17-13-11-9-7-5-6-8-10-12-14-18-32-48-34-20-16-22-40(48)44-42-36-25-29-38(30-26-36)46(3)4/h15-16,19-30,33-34H,5-14,17-18,31-32H2,1-4H3/q+2. The molecule has 4 aromatic rings. The third-order valence-electron chi connectivity index (χ3n) is 8.65. The second-order valence-corrected chi connectivity index (χ2v) is 13.0. The van der Waals surface area contributed by atoms with Crippen molar-refractivity contribution in [2.24, 2.45) is 20.5 Å². The Morgan fingerprint density at radius 2 is 0.729 bits per heavy atom. The monoisotopic (exact) mass is 648 g/mol. The van der Waals surface area contributed by atoms with Crippen molar-refractivity contribution in [3.05, 3.63) is 97.3 Å². The molecule has 2 heterocycles. The molecule has 0 spiro atoms. The van der Waals surface area contributed by atoms with Crippen LogP contribution in [0.2, 0.25) is 0 Å². The van der Waals surface area contributed by atoms with Crippen molar-refractivity contribution < 1.29 is 9.13 Å². The van der Waals surface area contributed by atoms with E-state index in [9.17, 15) is 0 Å². The lowest BCUT2D eigenvalue weighted by atomic mass is 10.1. The Hall–Kier alpha value is -4.46. The molecular formula is C40H56N8+2. The number of nitrogens with zero attached hydrogens (tertiary/aromatic N) is 8. The van der Waals surface area contributed by atoms with Crippen LogP contribution in [-0.4, -0.2) is 28.2 Å². The summed E-state index contributed by atoms with van der Waals surface area (Å²) in [7, 11) is 8.16. The molecule has 2 aromatic carbocycles. The van der Waals surface area contributed by atoms with Crippen LogP contribution in [0.15, 0.2) is 118 Å². The van der Waals surface area contributed by atoms with Crippen molar-refractivity contribution in [2.75, 3.05) is 38.0 Å². The predicted octanol–water partition coefficient (Wildman–Crippen LogP) is 10.6. The van der Waals surface area contributed by atoms with Gasteiger partial charge in [0.2, 0.25) is 0 Å². The average Bonchev–Trinajstić information content (AvgIpc) is 3.11. The van der Waals surface area contributed by atoms with Crippen LogP contribution in [0.4, 0.5) is 34.4 Å². The molecule has 0 unspecified atom stereocenters. The predicted molar refractivity (Wildman–Crippen MR) is 199 cm³/mol. The van der Waals surface area contributed by atoms with Crippen LogP contribution in [0, 0.1) is 0 Å². The highest BCUT2D eigenvalue weighted by Gasteiger charge is 2.10. The Labute approximate surface area is 288 Å². The zero-order valence-corrected chi connectivity index (χ0v) is 29.7. The van der Waals surface area contributed by atoms with Gasteiger partial charge in [-0.3, -0.25) is 0 Å². The Morgan fingerprint density at radius 1 is 0.396 bits per heavy atom. The first-order chi connectivity index (χ1) is 23.5. The molecule has 48 heavy (non-hydrogen) atoms. The van der Waals surface area contributed by atoms with E-state index in [1.54, 1.807) is 0 Å². The van der Waals surface area contributed by atoms with Gasteiger partial charge in [-0.1, -0.05) is 63.5 Å². The molecule has 2 aromatic heterocycles. The minimum absolute atomic E-state index is 0.870. The zero-order chi connectivity index (χ0) is 33.8. The van der Waals surface area contributed by atoms with Gasteiger partial charge in [-0.05, 0) is 96.6 Å². The molecule has 0 fully saturated rings. The van der Waals surface area contributed by atoms with Gasteiger partial charge >= 0.3 is 11.6 Å². The highest BCUT2D eigenvalue weighted by Crippen LogP contribution is 2.21. The first-order valence-corrected chi connectivity index (χ1v) is 17.8. The molecular weight excluding hydrogens is 592 g/mol. The number of anilines is 2. The molecule has 0 atom stereocenters. The molecule has 4 rings (SSSR count). The molecule has 254 valence electrons. The van der Waals surface area contributed by atoms with Gasteiger partial charge < -0.3 is 9.80 Å². The number of hydrogen-bond acceptors (Lipinski definition) is 6. The molecule has 0 aliphatic rings. The van der Waals surface area contributed by atoms with E-state index >= 15 is 0 Å².